The molecule has 0 fully saturated rings. The Morgan fingerprint density at radius 2 is 2.12 bits per heavy atom. The summed E-state index contributed by atoms with van der Waals surface area (Å²) in [5, 5.41) is 17.4. The Hall–Kier alpha value is -3.18. The fourth-order valence-corrected chi connectivity index (χ4v) is 2.65. The molecule has 1 amide bonds. The van der Waals surface area contributed by atoms with E-state index in [4.69, 9.17) is 9.68 Å². The lowest BCUT2D eigenvalue weighted by atomic mass is 10.2. The van der Waals surface area contributed by atoms with Gasteiger partial charge in [-0.2, -0.15) is 9.94 Å². The summed E-state index contributed by atoms with van der Waals surface area (Å²) >= 11 is 1.42. The molecule has 1 aromatic carbocycles. The third-order valence-corrected chi connectivity index (χ3v) is 4.04. The number of benzene rings is 1. The molecule has 7 nitrogen and oxygen atoms in total. The van der Waals surface area contributed by atoms with E-state index in [0.717, 1.165) is 9.56 Å². The molecule has 0 saturated heterocycles. The van der Waals surface area contributed by atoms with E-state index >= 15 is 0 Å². The molecule has 8 heteroatoms. The molecule has 0 saturated carbocycles. The molecule has 1 N–H and O–H groups in total. The van der Waals surface area contributed by atoms with Gasteiger partial charge in [0.15, 0.2) is 0 Å². The maximum absolute atomic E-state index is 11.9. The largest absolute Gasteiger partial charge is 0.437 e. The number of aromatic nitrogens is 2. The topological polar surface area (TPSA) is 101 Å². The van der Waals surface area contributed by atoms with E-state index in [9.17, 15) is 9.59 Å². The number of amides is 1. The van der Waals surface area contributed by atoms with E-state index in [1.807, 2.05) is 17.5 Å². The molecule has 0 atom stereocenters. The molecular weight excluding hydrogens is 328 g/mol. The Morgan fingerprint density at radius 3 is 2.79 bits per heavy atom. The van der Waals surface area contributed by atoms with Gasteiger partial charge in [0.25, 0.3) is 5.89 Å². The van der Waals surface area contributed by atoms with Gasteiger partial charge in [0.05, 0.1) is 23.1 Å². The highest BCUT2D eigenvalue weighted by atomic mass is 32.1. The van der Waals surface area contributed by atoms with E-state index in [2.05, 4.69) is 10.4 Å². The summed E-state index contributed by atoms with van der Waals surface area (Å²) in [5.74, 6) is -0.598. The van der Waals surface area contributed by atoms with Gasteiger partial charge in [-0.05, 0) is 35.7 Å². The smallest absolute Gasteiger partial charge is 0.387 e. The van der Waals surface area contributed by atoms with Gasteiger partial charge in [0.1, 0.15) is 0 Å². The lowest BCUT2D eigenvalue weighted by Gasteiger charge is -2.04. The molecule has 0 aliphatic heterocycles. The van der Waals surface area contributed by atoms with Crippen LogP contribution in [0.3, 0.4) is 0 Å². The van der Waals surface area contributed by atoms with Crippen LogP contribution >= 0.6 is 11.3 Å². The van der Waals surface area contributed by atoms with Crippen molar-refractivity contribution in [1.82, 2.24) is 9.78 Å². The van der Waals surface area contributed by atoms with Crippen LogP contribution in [-0.2, 0) is 11.3 Å². The second-order valence-electron chi connectivity index (χ2n) is 4.86. The van der Waals surface area contributed by atoms with Crippen molar-refractivity contribution in [3.63, 3.8) is 0 Å². The van der Waals surface area contributed by atoms with Crippen molar-refractivity contribution in [1.29, 1.82) is 5.26 Å². The molecule has 2 aromatic heterocycles. The van der Waals surface area contributed by atoms with Crippen molar-refractivity contribution >= 4 is 22.9 Å². The Labute approximate surface area is 140 Å². The average Bonchev–Trinajstić information content (AvgIpc) is 3.23. The normalized spacial score (nSPS) is 10.3. The van der Waals surface area contributed by atoms with Gasteiger partial charge >= 0.3 is 5.76 Å². The maximum atomic E-state index is 11.9. The van der Waals surface area contributed by atoms with Gasteiger partial charge in [0.2, 0.25) is 5.91 Å². The molecule has 0 unspecified atom stereocenters. The fourth-order valence-electron chi connectivity index (χ4n) is 2.01. The van der Waals surface area contributed by atoms with Crippen LogP contribution < -0.4 is 11.1 Å². The molecule has 0 bridgehead atoms. The van der Waals surface area contributed by atoms with Crippen LogP contribution in [0.5, 0.6) is 0 Å². The van der Waals surface area contributed by atoms with E-state index in [1.54, 1.807) is 30.3 Å². The Balaban J connectivity index is 1.60. The van der Waals surface area contributed by atoms with Crippen LogP contribution in [0.1, 0.15) is 12.0 Å². The monoisotopic (exact) mass is 340 g/mol. The number of aryl methyl sites for hydroxylation is 1. The third-order valence-electron chi connectivity index (χ3n) is 3.19. The highest BCUT2D eigenvalue weighted by Crippen LogP contribution is 2.21. The number of nitrogens with zero attached hydrogens (tertiary/aromatic N) is 3. The predicted octanol–water partition coefficient (Wildman–Crippen LogP) is 2.47. The number of hydrogen-bond donors (Lipinski definition) is 1. The summed E-state index contributed by atoms with van der Waals surface area (Å²) in [6, 6.07) is 12.2. The van der Waals surface area contributed by atoms with Crippen LogP contribution in [0.25, 0.3) is 10.8 Å². The summed E-state index contributed by atoms with van der Waals surface area (Å²) in [7, 11) is 0. The lowest BCUT2D eigenvalue weighted by molar-refractivity contribution is -0.116. The predicted molar refractivity (Wildman–Crippen MR) is 88.5 cm³/mol. The first-order valence-corrected chi connectivity index (χ1v) is 7.95. The minimum absolute atomic E-state index is 0.0797. The van der Waals surface area contributed by atoms with Gasteiger partial charge in [-0.25, -0.2) is 4.79 Å². The maximum Gasteiger partial charge on any atom is 0.437 e. The standard InChI is InChI=1S/C16H12N4O3S/c17-10-11-3-5-12(6-4-11)18-14(21)7-8-20-16(22)23-15(19-20)13-2-1-9-24-13/h1-6,9H,7-8H2,(H,18,21). The third kappa shape index (κ3) is 3.59. The van der Waals surface area contributed by atoms with Gasteiger partial charge < -0.3 is 9.73 Å². The van der Waals surface area contributed by atoms with Crippen molar-refractivity contribution < 1.29 is 9.21 Å². The van der Waals surface area contributed by atoms with Gasteiger partial charge in [-0.3, -0.25) is 4.79 Å². The molecule has 0 aliphatic rings. The van der Waals surface area contributed by atoms with Crippen molar-refractivity contribution in [2.24, 2.45) is 0 Å². The molecule has 0 aliphatic carbocycles. The van der Waals surface area contributed by atoms with Crippen molar-refractivity contribution in [3.8, 4) is 16.8 Å². The summed E-state index contributed by atoms with van der Waals surface area (Å²) < 4.78 is 6.21. The number of nitriles is 1. The molecule has 0 radical (unpaired) electrons. The van der Waals surface area contributed by atoms with E-state index < -0.39 is 5.76 Å². The van der Waals surface area contributed by atoms with Crippen LogP contribution in [-0.4, -0.2) is 15.7 Å². The van der Waals surface area contributed by atoms with E-state index in [-0.39, 0.29) is 24.8 Å². The summed E-state index contributed by atoms with van der Waals surface area (Å²) in [5.41, 5.74) is 1.11. The second-order valence-corrected chi connectivity index (χ2v) is 5.81. The summed E-state index contributed by atoms with van der Waals surface area (Å²) in [6.07, 6.45) is 0.0797. The van der Waals surface area contributed by atoms with Crippen molar-refractivity contribution in [2.45, 2.75) is 13.0 Å². The fraction of sp³-hybridized carbons (Fsp3) is 0.125. The van der Waals surface area contributed by atoms with Gasteiger partial charge in [-0.15, -0.1) is 16.4 Å². The molecule has 3 aromatic rings. The highest BCUT2D eigenvalue weighted by molar-refractivity contribution is 7.13. The second kappa shape index (κ2) is 6.93. The van der Waals surface area contributed by atoms with Gasteiger partial charge in [0, 0.05) is 12.1 Å². The first-order valence-electron chi connectivity index (χ1n) is 7.07. The molecule has 3 rings (SSSR count). The van der Waals surface area contributed by atoms with Crippen molar-refractivity contribution in [3.05, 3.63) is 57.9 Å². The van der Waals surface area contributed by atoms with Crippen LogP contribution in [0.4, 0.5) is 5.69 Å². The summed E-state index contributed by atoms with van der Waals surface area (Å²) in [6.45, 7) is 0.121. The Bertz CT molecular complexity index is 933. The Kier molecular flexibility index (Phi) is 4.54. The zero-order valence-corrected chi connectivity index (χ0v) is 13.2. The highest BCUT2D eigenvalue weighted by Gasteiger charge is 2.12. The minimum Gasteiger partial charge on any atom is -0.387 e. The first kappa shape index (κ1) is 15.7. The van der Waals surface area contributed by atoms with Crippen molar-refractivity contribution in [2.75, 3.05) is 5.32 Å². The number of anilines is 1. The molecule has 2 heterocycles. The molecule has 0 spiro atoms. The number of nitrogens with one attached hydrogen (secondary N) is 1. The quantitative estimate of drug-likeness (QED) is 0.769. The van der Waals surface area contributed by atoms with Crippen LogP contribution in [0, 0.1) is 11.3 Å². The van der Waals surface area contributed by atoms with E-state index in [0.29, 0.717) is 11.3 Å². The molecular formula is C16H12N4O3S. The average molecular weight is 340 g/mol. The number of rotatable bonds is 5. The summed E-state index contributed by atoms with van der Waals surface area (Å²) in [4.78, 5) is 24.4. The van der Waals surface area contributed by atoms with Crippen LogP contribution in [0.2, 0.25) is 0 Å². The molecule has 120 valence electrons. The number of thiophene rings is 1. The zero-order valence-electron chi connectivity index (χ0n) is 12.4. The lowest BCUT2D eigenvalue weighted by Crippen LogP contribution is -2.20. The minimum atomic E-state index is -0.593. The van der Waals surface area contributed by atoms with E-state index in [1.165, 1.54) is 11.3 Å². The Morgan fingerprint density at radius 1 is 1.33 bits per heavy atom. The number of hydrogen-bond acceptors (Lipinski definition) is 6. The zero-order chi connectivity index (χ0) is 16.9. The number of carbonyl (C=O) groups excluding carboxylic acids is 1. The van der Waals surface area contributed by atoms with Gasteiger partial charge in [-0.1, -0.05) is 6.07 Å². The SMILES string of the molecule is N#Cc1ccc(NC(=O)CCn2nc(-c3cccs3)oc2=O)cc1. The first-order chi connectivity index (χ1) is 11.7. The van der Waals surface area contributed by atoms with Crippen LogP contribution in [0.15, 0.2) is 51.0 Å². The molecule has 24 heavy (non-hydrogen) atoms. The number of carbonyl (C=O) groups is 1.